The van der Waals surface area contributed by atoms with Crippen LogP contribution in [0.25, 0.3) is 11.0 Å². The van der Waals surface area contributed by atoms with E-state index >= 15 is 0 Å². The number of piperidine rings is 1. The number of anilines is 2. The molecule has 3 aromatic rings. The number of H-pyrrole nitrogens is 1. The minimum absolute atomic E-state index is 0.253. The molecule has 9 heteroatoms. The van der Waals surface area contributed by atoms with Crippen LogP contribution in [-0.2, 0) is 0 Å². The summed E-state index contributed by atoms with van der Waals surface area (Å²) in [5.74, 6) is 0.325. The number of carbonyl (C=O) groups excluding carboxylic acids is 1. The van der Waals surface area contributed by atoms with Crippen LogP contribution in [-0.4, -0.2) is 44.0 Å². The van der Waals surface area contributed by atoms with Gasteiger partial charge < -0.3 is 20.9 Å². The number of aromatic nitrogens is 4. The van der Waals surface area contributed by atoms with Crippen molar-refractivity contribution in [1.29, 1.82) is 0 Å². The van der Waals surface area contributed by atoms with E-state index in [9.17, 15) is 4.79 Å². The van der Waals surface area contributed by atoms with Crippen LogP contribution >= 0.6 is 15.9 Å². The number of pyridine rings is 1. The van der Waals surface area contributed by atoms with Gasteiger partial charge in [0.25, 0.3) is 5.91 Å². The normalized spacial score (nSPS) is 23.9. The number of nitrogens with one attached hydrogen (secondary N) is 2. The molecular formula is C19H20BrN7O. The number of nitrogens with zero attached hydrogens (tertiary/aromatic N) is 4. The van der Waals surface area contributed by atoms with Crippen LogP contribution in [0.2, 0.25) is 0 Å². The molecule has 2 aliphatic heterocycles. The van der Waals surface area contributed by atoms with Crippen LogP contribution in [0.1, 0.15) is 36.0 Å². The Bertz CT molecular complexity index is 1020. The van der Waals surface area contributed by atoms with Crippen LogP contribution in [0, 0.1) is 0 Å². The van der Waals surface area contributed by atoms with Gasteiger partial charge in [-0.2, -0.15) is 0 Å². The second kappa shape index (κ2) is 6.73. The lowest BCUT2D eigenvalue weighted by molar-refractivity contribution is 0.100. The number of fused-ring (bicyclic) bond motifs is 3. The SMILES string of the molecule is NC(=O)c1cnc2[nH]ccc2c1NC1CC2CCC(C1)N2c1ncc(Br)cn1. The zero-order valence-electron chi connectivity index (χ0n) is 15.1. The van der Waals surface area contributed by atoms with Crippen molar-refractivity contribution in [3.05, 3.63) is 40.9 Å². The molecule has 0 radical (unpaired) electrons. The molecule has 0 aromatic carbocycles. The highest BCUT2D eigenvalue weighted by Gasteiger charge is 2.42. The number of hydrogen-bond acceptors (Lipinski definition) is 6. The summed E-state index contributed by atoms with van der Waals surface area (Å²) in [4.78, 5) is 30.7. The lowest BCUT2D eigenvalue weighted by Gasteiger charge is -2.39. The van der Waals surface area contributed by atoms with Crippen molar-refractivity contribution < 1.29 is 4.79 Å². The van der Waals surface area contributed by atoms with Crippen LogP contribution in [0.5, 0.6) is 0 Å². The first-order chi connectivity index (χ1) is 13.6. The Labute approximate surface area is 170 Å². The summed E-state index contributed by atoms with van der Waals surface area (Å²) in [6, 6.07) is 2.95. The van der Waals surface area contributed by atoms with Gasteiger partial charge in [-0.25, -0.2) is 15.0 Å². The summed E-state index contributed by atoms with van der Waals surface area (Å²) in [5, 5.41) is 4.50. The van der Waals surface area contributed by atoms with Gasteiger partial charge in [-0.1, -0.05) is 0 Å². The first kappa shape index (κ1) is 17.4. The second-order valence-electron chi connectivity index (χ2n) is 7.46. The number of amides is 1. The van der Waals surface area contributed by atoms with Crippen molar-refractivity contribution in [3.8, 4) is 0 Å². The topological polar surface area (TPSA) is 113 Å². The first-order valence-corrected chi connectivity index (χ1v) is 10.2. The zero-order valence-corrected chi connectivity index (χ0v) is 16.7. The first-order valence-electron chi connectivity index (χ1n) is 9.38. The third-order valence-corrected chi connectivity index (χ3v) is 6.18. The number of aromatic amines is 1. The highest BCUT2D eigenvalue weighted by Crippen LogP contribution is 2.39. The van der Waals surface area contributed by atoms with Crippen molar-refractivity contribution in [2.45, 2.75) is 43.8 Å². The van der Waals surface area contributed by atoms with Crippen LogP contribution < -0.4 is 16.0 Å². The monoisotopic (exact) mass is 441 g/mol. The average Bonchev–Trinajstić information content (AvgIpc) is 3.25. The molecule has 0 spiro atoms. The fourth-order valence-electron chi connectivity index (χ4n) is 4.61. The van der Waals surface area contributed by atoms with Crippen molar-refractivity contribution in [2.75, 3.05) is 10.2 Å². The molecule has 28 heavy (non-hydrogen) atoms. The maximum absolute atomic E-state index is 11.9. The van der Waals surface area contributed by atoms with Crippen molar-refractivity contribution in [3.63, 3.8) is 0 Å². The van der Waals surface area contributed by atoms with Gasteiger partial charge in [-0.15, -0.1) is 0 Å². The van der Waals surface area contributed by atoms with E-state index in [1.165, 1.54) is 0 Å². The standard InChI is InChI=1S/C19H20BrN7O/c20-10-7-24-19(25-8-10)27-12-1-2-13(27)6-11(5-12)26-16-14-3-4-22-18(14)23-9-15(16)17(21)28/h3-4,7-9,11-13H,1-2,5-6H2,(H2,21,28)(H2,22,23,26). The number of nitrogens with two attached hydrogens (primary N) is 1. The molecule has 0 aliphatic carbocycles. The molecular weight excluding hydrogens is 422 g/mol. The summed E-state index contributed by atoms with van der Waals surface area (Å²) in [6.45, 7) is 0. The van der Waals surface area contributed by atoms with Gasteiger partial charge in [0.05, 0.1) is 15.7 Å². The van der Waals surface area contributed by atoms with Gasteiger partial charge in [-0.3, -0.25) is 4.79 Å². The second-order valence-corrected chi connectivity index (χ2v) is 8.37. The Morgan fingerprint density at radius 2 is 1.89 bits per heavy atom. The minimum atomic E-state index is -0.471. The fraction of sp³-hybridized carbons (Fsp3) is 0.368. The zero-order chi connectivity index (χ0) is 19.3. The molecule has 4 N–H and O–H groups in total. The van der Waals surface area contributed by atoms with E-state index < -0.39 is 5.91 Å². The average molecular weight is 442 g/mol. The van der Waals surface area contributed by atoms with Gasteiger partial charge in [0.15, 0.2) is 0 Å². The van der Waals surface area contributed by atoms with E-state index in [-0.39, 0.29) is 6.04 Å². The molecule has 2 unspecified atom stereocenters. The van der Waals surface area contributed by atoms with Gasteiger partial charge in [0.1, 0.15) is 5.65 Å². The van der Waals surface area contributed by atoms with E-state index in [4.69, 9.17) is 5.73 Å². The Morgan fingerprint density at radius 3 is 2.57 bits per heavy atom. The predicted molar refractivity (Wildman–Crippen MR) is 110 cm³/mol. The molecule has 5 heterocycles. The number of rotatable bonds is 4. The molecule has 2 aliphatic rings. The minimum Gasteiger partial charge on any atom is -0.381 e. The Morgan fingerprint density at radius 1 is 1.18 bits per heavy atom. The molecule has 1 amide bonds. The summed E-state index contributed by atoms with van der Waals surface area (Å²) >= 11 is 3.40. The molecule has 5 rings (SSSR count). The molecule has 2 atom stereocenters. The van der Waals surface area contributed by atoms with Gasteiger partial charge in [0.2, 0.25) is 5.95 Å². The summed E-state index contributed by atoms with van der Waals surface area (Å²) < 4.78 is 0.882. The van der Waals surface area contributed by atoms with Crippen molar-refractivity contribution in [1.82, 2.24) is 19.9 Å². The predicted octanol–water partition coefficient (Wildman–Crippen LogP) is 2.83. The largest absolute Gasteiger partial charge is 0.381 e. The van der Waals surface area contributed by atoms with E-state index in [1.54, 1.807) is 18.6 Å². The Kier molecular flexibility index (Phi) is 4.19. The van der Waals surface area contributed by atoms with Gasteiger partial charge in [0, 0.05) is 48.3 Å². The van der Waals surface area contributed by atoms with E-state index in [0.29, 0.717) is 17.6 Å². The quantitative estimate of drug-likeness (QED) is 0.573. The lowest BCUT2D eigenvalue weighted by Crippen LogP contribution is -2.47. The number of carbonyl (C=O) groups is 1. The fourth-order valence-corrected chi connectivity index (χ4v) is 4.82. The van der Waals surface area contributed by atoms with Crippen molar-refractivity contribution in [2.24, 2.45) is 5.73 Å². The molecule has 2 fully saturated rings. The smallest absolute Gasteiger partial charge is 0.252 e. The van der Waals surface area contributed by atoms with E-state index in [2.05, 4.69) is 46.1 Å². The van der Waals surface area contributed by atoms with Crippen LogP contribution in [0.4, 0.5) is 11.6 Å². The third-order valence-electron chi connectivity index (χ3n) is 5.77. The summed E-state index contributed by atoms with van der Waals surface area (Å²) in [5.41, 5.74) is 7.55. The summed E-state index contributed by atoms with van der Waals surface area (Å²) in [7, 11) is 0. The highest BCUT2D eigenvalue weighted by molar-refractivity contribution is 9.10. The molecule has 3 aromatic heterocycles. The van der Waals surface area contributed by atoms with Crippen LogP contribution in [0.15, 0.2) is 35.3 Å². The van der Waals surface area contributed by atoms with E-state index in [0.717, 1.165) is 52.8 Å². The maximum Gasteiger partial charge on any atom is 0.252 e. The molecule has 2 bridgehead atoms. The third kappa shape index (κ3) is 2.90. The molecule has 144 valence electrons. The Hall–Kier alpha value is -2.68. The number of hydrogen-bond donors (Lipinski definition) is 3. The lowest BCUT2D eigenvalue weighted by atomic mass is 9.96. The molecule has 0 saturated carbocycles. The van der Waals surface area contributed by atoms with Gasteiger partial charge >= 0.3 is 0 Å². The molecule has 2 saturated heterocycles. The van der Waals surface area contributed by atoms with Gasteiger partial charge in [-0.05, 0) is 47.7 Å². The highest BCUT2D eigenvalue weighted by atomic mass is 79.9. The van der Waals surface area contributed by atoms with Crippen LogP contribution in [0.3, 0.4) is 0 Å². The number of halogens is 1. The van der Waals surface area contributed by atoms with Crippen molar-refractivity contribution >= 4 is 44.5 Å². The maximum atomic E-state index is 11.9. The Balaban J connectivity index is 1.41. The molecule has 8 nitrogen and oxygen atoms in total. The summed E-state index contributed by atoms with van der Waals surface area (Å²) in [6.07, 6.45) is 11.1. The van der Waals surface area contributed by atoms with E-state index in [1.807, 2.05) is 12.3 Å². The number of primary amides is 1.